The maximum atomic E-state index is 12.9. The number of carbonyl (C=O) groups is 3. The molecule has 0 saturated heterocycles. The molecular formula is C23H25N3O3. The molecular weight excluding hydrogens is 366 g/mol. The molecule has 6 heteroatoms. The highest BCUT2D eigenvalue weighted by Gasteiger charge is 2.37. The van der Waals surface area contributed by atoms with E-state index in [4.69, 9.17) is 0 Å². The van der Waals surface area contributed by atoms with E-state index in [0.717, 1.165) is 35.4 Å². The molecule has 29 heavy (non-hydrogen) atoms. The summed E-state index contributed by atoms with van der Waals surface area (Å²) < 4.78 is 0. The van der Waals surface area contributed by atoms with Gasteiger partial charge in [0.2, 0.25) is 0 Å². The number of hydrogen-bond donors (Lipinski definition) is 2. The van der Waals surface area contributed by atoms with Gasteiger partial charge in [0.15, 0.2) is 5.78 Å². The van der Waals surface area contributed by atoms with Crippen molar-refractivity contribution in [1.29, 1.82) is 0 Å². The highest BCUT2D eigenvalue weighted by molar-refractivity contribution is 6.35. The molecule has 2 N–H and O–H groups in total. The zero-order valence-electron chi connectivity index (χ0n) is 17.4. The summed E-state index contributed by atoms with van der Waals surface area (Å²) in [5, 5.41) is 2.85. The van der Waals surface area contributed by atoms with E-state index in [1.807, 2.05) is 20.8 Å². The Morgan fingerprint density at radius 1 is 1.21 bits per heavy atom. The topological polar surface area (TPSA) is 82.3 Å². The number of anilines is 1. The number of rotatable bonds is 2. The minimum atomic E-state index is -0.372. The molecule has 2 aliphatic rings. The number of benzene rings is 1. The van der Waals surface area contributed by atoms with Crippen LogP contribution in [-0.2, 0) is 11.2 Å². The summed E-state index contributed by atoms with van der Waals surface area (Å²) in [6.07, 6.45) is 3.40. The standard InChI is InChI=1S/C23H25N3O3/c1-12-18(24-17-8-9-23(2,3)20(27)19(12)17)11-15-14-10-13(22(29)26(4)5)6-7-16(14)25-21(15)28/h6-7,10-11,24H,8-9H2,1-5H3,(H,25,28). The molecule has 0 spiro atoms. The molecule has 2 amide bonds. The summed E-state index contributed by atoms with van der Waals surface area (Å²) in [6.45, 7) is 5.88. The van der Waals surface area contributed by atoms with Gasteiger partial charge < -0.3 is 15.2 Å². The quantitative estimate of drug-likeness (QED) is 0.766. The number of nitrogens with zero attached hydrogens (tertiary/aromatic N) is 1. The molecule has 0 radical (unpaired) electrons. The van der Waals surface area contributed by atoms with Crippen LogP contribution in [0.15, 0.2) is 18.2 Å². The van der Waals surface area contributed by atoms with Crippen molar-refractivity contribution in [2.45, 2.75) is 33.6 Å². The molecule has 6 nitrogen and oxygen atoms in total. The predicted molar refractivity (Wildman–Crippen MR) is 113 cm³/mol. The number of Topliss-reactive ketones (excluding diaryl/α,β-unsaturated/α-hetero) is 1. The van der Waals surface area contributed by atoms with E-state index in [9.17, 15) is 14.4 Å². The van der Waals surface area contributed by atoms with Crippen molar-refractivity contribution >= 4 is 34.9 Å². The second-order valence-electron chi connectivity index (χ2n) is 8.70. The minimum absolute atomic E-state index is 0.120. The Hall–Kier alpha value is -3.15. The lowest BCUT2D eigenvalue weighted by Gasteiger charge is -2.28. The number of fused-ring (bicyclic) bond motifs is 2. The Labute approximate surface area is 170 Å². The van der Waals surface area contributed by atoms with Crippen LogP contribution in [0.3, 0.4) is 0 Å². The van der Waals surface area contributed by atoms with Crippen LogP contribution in [0.4, 0.5) is 5.69 Å². The fourth-order valence-corrected chi connectivity index (χ4v) is 4.08. The van der Waals surface area contributed by atoms with Gasteiger partial charge in [-0.15, -0.1) is 0 Å². The minimum Gasteiger partial charge on any atom is -0.358 e. The number of carbonyl (C=O) groups excluding carboxylic acids is 3. The summed E-state index contributed by atoms with van der Waals surface area (Å²) >= 11 is 0. The monoisotopic (exact) mass is 391 g/mol. The fraction of sp³-hybridized carbons (Fsp3) is 0.348. The largest absolute Gasteiger partial charge is 0.358 e. The Morgan fingerprint density at radius 2 is 1.93 bits per heavy atom. The zero-order chi connectivity index (χ0) is 21.1. The van der Waals surface area contributed by atoms with Crippen LogP contribution in [0.1, 0.15) is 63.5 Å². The second-order valence-corrected chi connectivity index (χ2v) is 8.70. The first-order valence-electron chi connectivity index (χ1n) is 9.75. The molecule has 1 aromatic carbocycles. The normalized spacial score (nSPS) is 18.4. The number of aromatic amines is 1. The molecule has 0 fully saturated rings. The molecule has 1 aliphatic carbocycles. The number of amides is 2. The van der Waals surface area contributed by atoms with Gasteiger partial charge in [0.25, 0.3) is 11.8 Å². The number of aryl methyl sites for hydroxylation is 1. The van der Waals surface area contributed by atoms with Crippen LogP contribution >= 0.6 is 0 Å². The molecule has 0 unspecified atom stereocenters. The SMILES string of the molecule is Cc1c(C=C2C(=O)Nc3ccc(C(=O)N(C)C)cc32)[nH]c2c1C(=O)C(C)(C)CC2. The average Bonchev–Trinajstić information content (AvgIpc) is 3.15. The second kappa shape index (κ2) is 6.44. The summed E-state index contributed by atoms with van der Waals surface area (Å²) in [6, 6.07) is 5.21. The van der Waals surface area contributed by atoms with Crippen LogP contribution in [0.25, 0.3) is 11.6 Å². The van der Waals surface area contributed by atoms with Crippen molar-refractivity contribution in [3.8, 4) is 0 Å². The first-order valence-corrected chi connectivity index (χ1v) is 9.75. The summed E-state index contributed by atoms with van der Waals surface area (Å²) in [7, 11) is 3.39. The Balaban J connectivity index is 1.80. The maximum absolute atomic E-state index is 12.9. The third kappa shape index (κ3) is 2.99. The van der Waals surface area contributed by atoms with Crippen LogP contribution in [-0.4, -0.2) is 41.6 Å². The predicted octanol–water partition coefficient (Wildman–Crippen LogP) is 3.67. The molecule has 4 rings (SSSR count). The van der Waals surface area contributed by atoms with Gasteiger partial charge in [0.05, 0.1) is 5.57 Å². The van der Waals surface area contributed by atoms with Crippen molar-refractivity contribution in [3.63, 3.8) is 0 Å². The lowest BCUT2D eigenvalue weighted by atomic mass is 9.74. The molecule has 0 bridgehead atoms. The molecule has 2 heterocycles. The Bertz CT molecular complexity index is 1100. The maximum Gasteiger partial charge on any atom is 0.256 e. The summed E-state index contributed by atoms with van der Waals surface area (Å²) in [4.78, 5) is 42.7. The smallest absolute Gasteiger partial charge is 0.256 e. The van der Waals surface area contributed by atoms with Crippen molar-refractivity contribution in [1.82, 2.24) is 9.88 Å². The van der Waals surface area contributed by atoms with Crippen molar-refractivity contribution < 1.29 is 14.4 Å². The van der Waals surface area contributed by atoms with Gasteiger partial charge in [-0.2, -0.15) is 0 Å². The number of nitrogens with one attached hydrogen (secondary N) is 2. The van der Waals surface area contributed by atoms with E-state index in [2.05, 4.69) is 10.3 Å². The third-order valence-electron chi connectivity index (χ3n) is 5.95. The van der Waals surface area contributed by atoms with Gasteiger partial charge in [-0.25, -0.2) is 0 Å². The van der Waals surface area contributed by atoms with Gasteiger partial charge in [-0.05, 0) is 49.6 Å². The van der Waals surface area contributed by atoms with Crippen molar-refractivity contribution in [3.05, 3.63) is 51.8 Å². The first-order chi connectivity index (χ1) is 13.6. The summed E-state index contributed by atoms with van der Waals surface area (Å²) in [5.74, 6) is -0.189. The average molecular weight is 391 g/mol. The fourth-order valence-electron chi connectivity index (χ4n) is 4.08. The summed E-state index contributed by atoms with van der Waals surface area (Å²) in [5.41, 5.74) is 5.34. The van der Waals surface area contributed by atoms with E-state index in [0.29, 0.717) is 22.4 Å². The van der Waals surface area contributed by atoms with Gasteiger partial charge >= 0.3 is 0 Å². The molecule has 0 saturated carbocycles. The lowest BCUT2D eigenvalue weighted by Crippen LogP contribution is -2.30. The zero-order valence-corrected chi connectivity index (χ0v) is 17.4. The van der Waals surface area contributed by atoms with Gasteiger partial charge in [-0.3, -0.25) is 14.4 Å². The van der Waals surface area contributed by atoms with Gasteiger partial charge in [0, 0.05) is 53.3 Å². The number of ketones is 1. The molecule has 2 aromatic rings. The molecule has 1 aromatic heterocycles. The van der Waals surface area contributed by atoms with Crippen molar-refractivity contribution in [2.24, 2.45) is 5.41 Å². The number of H-pyrrole nitrogens is 1. The highest BCUT2D eigenvalue weighted by Crippen LogP contribution is 2.39. The molecule has 150 valence electrons. The van der Waals surface area contributed by atoms with Crippen LogP contribution in [0, 0.1) is 12.3 Å². The van der Waals surface area contributed by atoms with E-state index in [1.165, 1.54) is 4.90 Å². The van der Waals surface area contributed by atoms with Crippen LogP contribution in [0.2, 0.25) is 0 Å². The Morgan fingerprint density at radius 3 is 2.62 bits per heavy atom. The highest BCUT2D eigenvalue weighted by atomic mass is 16.2. The number of aromatic nitrogens is 1. The first kappa shape index (κ1) is 19.2. The van der Waals surface area contributed by atoms with E-state index < -0.39 is 0 Å². The van der Waals surface area contributed by atoms with Crippen LogP contribution in [0.5, 0.6) is 0 Å². The lowest BCUT2D eigenvalue weighted by molar-refractivity contribution is -0.110. The Kier molecular flexibility index (Phi) is 4.26. The molecule has 0 atom stereocenters. The van der Waals surface area contributed by atoms with Crippen molar-refractivity contribution in [2.75, 3.05) is 19.4 Å². The third-order valence-corrected chi connectivity index (χ3v) is 5.95. The number of hydrogen-bond acceptors (Lipinski definition) is 3. The van der Waals surface area contributed by atoms with Crippen LogP contribution < -0.4 is 5.32 Å². The van der Waals surface area contributed by atoms with E-state index in [-0.39, 0.29) is 23.0 Å². The van der Waals surface area contributed by atoms with Gasteiger partial charge in [-0.1, -0.05) is 13.8 Å². The molecule has 1 aliphatic heterocycles. The van der Waals surface area contributed by atoms with E-state index >= 15 is 0 Å². The van der Waals surface area contributed by atoms with Gasteiger partial charge in [0.1, 0.15) is 0 Å². The van der Waals surface area contributed by atoms with E-state index in [1.54, 1.807) is 38.4 Å².